The first-order valence-corrected chi connectivity index (χ1v) is 30.8. The molecule has 0 bridgehead atoms. The highest BCUT2D eigenvalue weighted by atomic mass is 15.1. The summed E-state index contributed by atoms with van der Waals surface area (Å²) in [5.41, 5.74) is 23.5. The van der Waals surface area contributed by atoms with E-state index in [4.69, 9.17) is 4.98 Å². The molecule has 0 fully saturated rings. The molecular weight excluding hydrogens is 1120 g/mol. The Morgan fingerprint density at radius 1 is 0.239 bits per heavy atom. The van der Waals surface area contributed by atoms with Crippen LogP contribution in [0, 0.1) is 22.7 Å². The van der Waals surface area contributed by atoms with E-state index in [0.29, 0.717) is 11.1 Å². The standard InChI is InChI=1S/C85H55N7/c86-56-65-30-29-62(51-67(65)57-87)66-54-80(60-35-45-74(46-36-60)91-82-27-15-13-25-76(82)78-52-63(39-49-84(78)91)58-31-41-72(42-32-58)89(68-17-5-1-6-18-68)69-19-7-2-8-20-69)88-81(55-66)61-37-47-75(48-38-61)92-83-28-16-14-26-77(83)79-53-64(40-50-85(79)92)59-33-43-73(44-34-59)90(70-21-9-3-10-22-70)71-23-11-4-12-24-71/h1-55H. The van der Waals surface area contributed by atoms with E-state index in [0.717, 1.165) is 123 Å². The van der Waals surface area contributed by atoms with E-state index in [2.05, 4.69) is 347 Å². The second-order valence-corrected chi connectivity index (χ2v) is 23.0. The van der Waals surface area contributed by atoms with Crippen molar-refractivity contribution in [2.45, 2.75) is 0 Å². The number of hydrogen-bond acceptors (Lipinski definition) is 5. The lowest BCUT2D eigenvalue weighted by molar-refractivity contribution is 1.18. The predicted molar refractivity (Wildman–Crippen MR) is 379 cm³/mol. The number of pyridine rings is 1. The SMILES string of the molecule is N#Cc1ccc(-c2cc(-c3ccc(-n4c5ccccc5c5cc(-c6ccc(N(c7ccccc7)c7ccccc7)cc6)ccc54)cc3)nc(-c3ccc(-n4c5ccccc5c5cc(-c6ccc(N(c7ccccc7)c7ccccc7)cc6)ccc54)cc3)c2)cc1C#N. The highest BCUT2D eigenvalue weighted by Crippen LogP contribution is 2.42. The highest BCUT2D eigenvalue weighted by molar-refractivity contribution is 6.12. The number of nitriles is 2. The van der Waals surface area contributed by atoms with Gasteiger partial charge in [-0.2, -0.15) is 10.5 Å². The Hall–Kier alpha value is -12.8. The molecule has 3 aromatic heterocycles. The first-order chi connectivity index (χ1) is 45.5. The van der Waals surface area contributed by atoms with Crippen molar-refractivity contribution in [3.63, 3.8) is 0 Å². The maximum absolute atomic E-state index is 10.2. The van der Waals surface area contributed by atoms with Crippen LogP contribution in [-0.4, -0.2) is 14.1 Å². The quantitative estimate of drug-likeness (QED) is 0.115. The molecule has 7 nitrogen and oxygen atoms in total. The van der Waals surface area contributed by atoms with Gasteiger partial charge in [-0.1, -0.05) is 176 Å². The van der Waals surface area contributed by atoms with Crippen LogP contribution < -0.4 is 9.80 Å². The Kier molecular flexibility index (Phi) is 13.9. The molecule has 0 aliphatic rings. The van der Waals surface area contributed by atoms with Gasteiger partial charge in [0.25, 0.3) is 0 Å². The van der Waals surface area contributed by atoms with Crippen LogP contribution >= 0.6 is 0 Å². The van der Waals surface area contributed by atoms with Crippen molar-refractivity contribution in [1.29, 1.82) is 10.5 Å². The minimum Gasteiger partial charge on any atom is -0.311 e. The second kappa shape index (κ2) is 23.4. The first kappa shape index (κ1) is 54.6. The molecule has 0 amide bonds. The molecule has 0 N–H and O–H groups in total. The third kappa shape index (κ3) is 9.95. The number of hydrogen-bond donors (Lipinski definition) is 0. The van der Waals surface area contributed by atoms with Crippen LogP contribution in [0.3, 0.4) is 0 Å². The smallest absolute Gasteiger partial charge is 0.101 e. The molecule has 13 aromatic carbocycles. The van der Waals surface area contributed by atoms with E-state index in [1.165, 1.54) is 21.5 Å². The number of nitrogens with zero attached hydrogens (tertiary/aromatic N) is 7. The van der Waals surface area contributed by atoms with E-state index < -0.39 is 0 Å². The normalized spacial score (nSPS) is 11.2. The Bertz CT molecular complexity index is 5110. The summed E-state index contributed by atoms with van der Waals surface area (Å²) in [4.78, 5) is 9.96. The van der Waals surface area contributed by atoms with E-state index in [1.54, 1.807) is 12.1 Å². The molecule has 0 unspecified atom stereocenters. The Morgan fingerprint density at radius 2 is 0.554 bits per heavy atom. The molecule has 0 saturated heterocycles. The molecule has 0 saturated carbocycles. The number of benzene rings is 13. The number of anilines is 6. The molecule has 0 aliphatic heterocycles. The minimum absolute atomic E-state index is 0.328. The van der Waals surface area contributed by atoms with E-state index in [-0.39, 0.29) is 0 Å². The summed E-state index contributed by atoms with van der Waals surface area (Å²) < 4.78 is 4.69. The molecule has 0 spiro atoms. The second-order valence-electron chi connectivity index (χ2n) is 23.0. The van der Waals surface area contributed by atoms with Gasteiger partial charge in [0.2, 0.25) is 0 Å². The van der Waals surface area contributed by atoms with Gasteiger partial charge >= 0.3 is 0 Å². The molecular formula is C85H55N7. The third-order valence-corrected chi connectivity index (χ3v) is 17.6. The monoisotopic (exact) mass is 1170 g/mol. The van der Waals surface area contributed by atoms with Crippen molar-refractivity contribution in [3.8, 4) is 79.4 Å². The zero-order chi connectivity index (χ0) is 61.5. The van der Waals surface area contributed by atoms with Crippen LogP contribution in [0.2, 0.25) is 0 Å². The molecule has 0 atom stereocenters. The summed E-state index contributed by atoms with van der Waals surface area (Å²) in [5.74, 6) is 0. The lowest BCUT2D eigenvalue weighted by atomic mass is 9.97. The van der Waals surface area contributed by atoms with Crippen LogP contribution in [0.4, 0.5) is 34.1 Å². The highest BCUT2D eigenvalue weighted by Gasteiger charge is 2.20. The van der Waals surface area contributed by atoms with Gasteiger partial charge in [-0.05, 0) is 191 Å². The lowest BCUT2D eigenvalue weighted by Gasteiger charge is -2.25. The fourth-order valence-electron chi connectivity index (χ4n) is 13.1. The molecule has 3 heterocycles. The molecule has 16 aromatic rings. The van der Waals surface area contributed by atoms with Crippen LogP contribution in [0.25, 0.3) is 111 Å². The Balaban J connectivity index is 0.723. The molecule has 16 rings (SSSR count). The zero-order valence-corrected chi connectivity index (χ0v) is 49.9. The minimum atomic E-state index is 0.328. The first-order valence-electron chi connectivity index (χ1n) is 30.8. The van der Waals surface area contributed by atoms with Crippen LogP contribution in [0.5, 0.6) is 0 Å². The van der Waals surface area contributed by atoms with Gasteiger partial charge in [-0.15, -0.1) is 0 Å². The summed E-state index contributed by atoms with van der Waals surface area (Å²) >= 11 is 0. The largest absolute Gasteiger partial charge is 0.311 e. The van der Waals surface area contributed by atoms with Gasteiger partial charge in [-0.25, -0.2) is 4.98 Å². The summed E-state index contributed by atoms with van der Waals surface area (Å²) in [6.45, 7) is 0. The van der Waals surface area contributed by atoms with Crippen molar-refractivity contribution >= 4 is 77.7 Å². The van der Waals surface area contributed by atoms with E-state index in [9.17, 15) is 10.5 Å². The topological polar surface area (TPSA) is 76.8 Å². The molecule has 0 radical (unpaired) electrons. The maximum Gasteiger partial charge on any atom is 0.101 e. The van der Waals surface area contributed by atoms with Crippen LogP contribution in [0.15, 0.2) is 334 Å². The van der Waals surface area contributed by atoms with Gasteiger partial charge in [-0.3, -0.25) is 0 Å². The summed E-state index contributed by atoms with van der Waals surface area (Å²) in [6, 6.07) is 122. The lowest BCUT2D eigenvalue weighted by Crippen LogP contribution is -2.09. The van der Waals surface area contributed by atoms with Crippen LogP contribution in [-0.2, 0) is 0 Å². The van der Waals surface area contributed by atoms with Crippen molar-refractivity contribution < 1.29 is 0 Å². The maximum atomic E-state index is 10.2. The zero-order valence-electron chi connectivity index (χ0n) is 49.9. The Labute approximate surface area is 533 Å². The van der Waals surface area contributed by atoms with Gasteiger partial charge in [0.1, 0.15) is 12.1 Å². The van der Waals surface area contributed by atoms with E-state index >= 15 is 0 Å². The number of aromatic nitrogens is 3. The third-order valence-electron chi connectivity index (χ3n) is 17.6. The van der Waals surface area contributed by atoms with E-state index in [1.807, 2.05) is 6.07 Å². The van der Waals surface area contributed by atoms with Gasteiger partial charge in [0.05, 0.1) is 44.6 Å². The molecule has 0 aliphatic carbocycles. The fourth-order valence-corrected chi connectivity index (χ4v) is 13.1. The van der Waals surface area contributed by atoms with Crippen molar-refractivity contribution in [1.82, 2.24) is 14.1 Å². The van der Waals surface area contributed by atoms with Gasteiger partial charge in [0, 0.05) is 78.2 Å². The van der Waals surface area contributed by atoms with Crippen molar-refractivity contribution in [3.05, 3.63) is 345 Å². The van der Waals surface area contributed by atoms with Crippen molar-refractivity contribution in [2.75, 3.05) is 9.80 Å². The summed E-state index contributed by atoms with van der Waals surface area (Å²) in [5, 5.41) is 24.7. The molecule has 7 heteroatoms. The fraction of sp³-hybridized carbons (Fsp3) is 0. The number of fused-ring (bicyclic) bond motifs is 6. The summed E-state index contributed by atoms with van der Waals surface area (Å²) in [6.07, 6.45) is 0. The predicted octanol–water partition coefficient (Wildman–Crippen LogP) is 22.3. The Morgan fingerprint density at radius 3 is 0.946 bits per heavy atom. The van der Waals surface area contributed by atoms with Gasteiger partial charge < -0.3 is 18.9 Å². The molecule has 92 heavy (non-hydrogen) atoms. The number of rotatable bonds is 13. The van der Waals surface area contributed by atoms with Crippen molar-refractivity contribution in [2.24, 2.45) is 0 Å². The number of para-hydroxylation sites is 6. The average molecular weight is 1170 g/mol. The average Bonchev–Trinajstić information content (AvgIpc) is 1.66. The van der Waals surface area contributed by atoms with Gasteiger partial charge in [0.15, 0.2) is 0 Å². The molecule has 430 valence electrons. The summed E-state index contributed by atoms with van der Waals surface area (Å²) in [7, 11) is 0. The van der Waals surface area contributed by atoms with Crippen LogP contribution in [0.1, 0.15) is 11.1 Å².